The van der Waals surface area contributed by atoms with E-state index < -0.39 is 0 Å². The van der Waals surface area contributed by atoms with Crippen molar-refractivity contribution in [1.82, 2.24) is 0 Å². The van der Waals surface area contributed by atoms with Crippen molar-refractivity contribution in [2.75, 3.05) is 0 Å². The molecule has 0 aromatic rings. The summed E-state index contributed by atoms with van der Waals surface area (Å²) >= 11 is 0. The molecular weight excluding hydrogens is 170 g/mol. The average molecular weight is 192 g/mol. The summed E-state index contributed by atoms with van der Waals surface area (Å²) in [6.45, 7) is 12.1. The van der Waals surface area contributed by atoms with Crippen molar-refractivity contribution < 1.29 is 5.32 Å². The number of rotatable bonds is 4. The van der Waals surface area contributed by atoms with Crippen LogP contribution in [0.2, 0.25) is 0 Å². The molecule has 14 heavy (non-hydrogen) atoms. The van der Waals surface area contributed by atoms with Crippen molar-refractivity contribution in [2.45, 2.75) is 45.2 Å². The van der Waals surface area contributed by atoms with E-state index in [1.807, 2.05) is 0 Å². The van der Waals surface area contributed by atoms with Gasteiger partial charge in [-0.3, -0.25) is 0 Å². The Kier molecular flexibility index (Phi) is 4.15. The summed E-state index contributed by atoms with van der Waals surface area (Å²) < 4.78 is 0. The first kappa shape index (κ1) is 11.3. The van der Waals surface area contributed by atoms with E-state index in [-0.39, 0.29) is 0 Å². The van der Waals surface area contributed by atoms with Crippen LogP contribution in [0.25, 0.3) is 0 Å². The van der Waals surface area contributed by atoms with Crippen molar-refractivity contribution in [2.24, 2.45) is 0 Å². The van der Waals surface area contributed by atoms with Gasteiger partial charge in [-0.1, -0.05) is 30.4 Å². The lowest BCUT2D eigenvalue weighted by Crippen LogP contribution is -2.95. The molecule has 78 valence electrons. The van der Waals surface area contributed by atoms with Crippen LogP contribution >= 0.6 is 0 Å². The third-order valence-electron chi connectivity index (χ3n) is 2.54. The van der Waals surface area contributed by atoms with Crippen LogP contribution in [0.1, 0.15) is 33.1 Å². The summed E-state index contributed by atoms with van der Waals surface area (Å²) in [6.07, 6.45) is 8.03. The van der Waals surface area contributed by atoms with Gasteiger partial charge in [-0.15, -0.1) is 0 Å². The molecule has 0 radical (unpaired) electrons. The van der Waals surface area contributed by atoms with Crippen LogP contribution in [0, 0.1) is 0 Å². The standard InChI is InChI=1S/C13H21N/c1-10(2)8-12-6-5-7-13(14-12)9-11(3)4/h5-6,12-14H,1,3,7-9H2,2,4H3/p+1/t12-,13-/m1/s1. The molecule has 2 N–H and O–H groups in total. The number of hydrogen-bond donors (Lipinski definition) is 1. The largest absolute Gasteiger partial charge is 0.337 e. The zero-order valence-corrected chi connectivity index (χ0v) is 9.42. The van der Waals surface area contributed by atoms with Gasteiger partial charge in [-0.25, -0.2) is 0 Å². The maximum absolute atomic E-state index is 3.97. The van der Waals surface area contributed by atoms with E-state index in [1.165, 1.54) is 17.6 Å². The fourth-order valence-corrected chi connectivity index (χ4v) is 2.06. The van der Waals surface area contributed by atoms with Gasteiger partial charge in [0.05, 0.1) is 6.04 Å². The van der Waals surface area contributed by atoms with E-state index in [0.717, 1.165) is 12.8 Å². The third kappa shape index (κ3) is 3.93. The maximum Gasteiger partial charge on any atom is 0.108 e. The summed E-state index contributed by atoms with van der Waals surface area (Å²) in [5, 5.41) is 2.46. The summed E-state index contributed by atoms with van der Waals surface area (Å²) in [5.41, 5.74) is 2.56. The third-order valence-corrected chi connectivity index (χ3v) is 2.54. The number of hydrogen-bond acceptors (Lipinski definition) is 0. The van der Waals surface area contributed by atoms with Gasteiger partial charge in [0.2, 0.25) is 0 Å². The van der Waals surface area contributed by atoms with E-state index in [9.17, 15) is 0 Å². The van der Waals surface area contributed by atoms with Crippen LogP contribution < -0.4 is 5.32 Å². The van der Waals surface area contributed by atoms with E-state index in [1.54, 1.807) is 0 Å². The van der Waals surface area contributed by atoms with Gasteiger partial charge in [-0.05, 0) is 19.9 Å². The van der Waals surface area contributed by atoms with Gasteiger partial charge in [0.25, 0.3) is 0 Å². The topological polar surface area (TPSA) is 16.6 Å². The Morgan fingerprint density at radius 1 is 1.29 bits per heavy atom. The van der Waals surface area contributed by atoms with Gasteiger partial charge < -0.3 is 5.32 Å². The fraction of sp³-hybridized carbons (Fsp3) is 0.538. The molecule has 1 heterocycles. The molecule has 0 bridgehead atoms. The number of quaternary nitrogens is 1. The second-order valence-electron chi connectivity index (χ2n) is 4.60. The lowest BCUT2D eigenvalue weighted by Gasteiger charge is -2.23. The summed E-state index contributed by atoms with van der Waals surface area (Å²) in [6, 6.07) is 1.30. The van der Waals surface area contributed by atoms with Gasteiger partial charge in [-0.2, -0.15) is 0 Å². The molecule has 0 fully saturated rings. The molecule has 1 heteroatoms. The quantitative estimate of drug-likeness (QED) is 0.658. The molecule has 0 aromatic heterocycles. The second kappa shape index (κ2) is 5.16. The van der Waals surface area contributed by atoms with Crippen LogP contribution in [-0.2, 0) is 0 Å². The smallest absolute Gasteiger partial charge is 0.108 e. The molecule has 0 aromatic carbocycles. The van der Waals surface area contributed by atoms with Gasteiger partial charge in [0.15, 0.2) is 0 Å². The van der Waals surface area contributed by atoms with Crippen molar-refractivity contribution in [1.29, 1.82) is 0 Å². The molecule has 1 rings (SSSR count). The van der Waals surface area contributed by atoms with Gasteiger partial charge >= 0.3 is 0 Å². The van der Waals surface area contributed by atoms with Crippen LogP contribution in [0.3, 0.4) is 0 Å². The number of nitrogens with two attached hydrogens (primary N) is 1. The van der Waals surface area contributed by atoms with Crippen LogP contribution in [-0.4, -0.2) is 12.1 Å². The maximum atomic E-state index is 3.97. The Labute approximate surface area is 87.6 Å². The van der Waals surface area contributed by atoms with Gasteiger partial charge in [0.1, 0.15) is 6.04 Å². The molecule has 0 saturated carbocycles. The molecule has 0 unspecified atom stereocenters. The first-order chi connectivity index (χ1) is 6.58. The molecule has 1 nitrogen and oxygen atoms in total. The first-order valence-electron chi connectivity index (χ1n) is 5.38. The van der Waals surface area contributed by atoms with E-state index >= 15 is 0 Å². The van der Waals surface area contributed by atoms with Crippen molar-refractivity contribution in [3.63, 3.8) is 0 Å². The first-order valence-corrected chi connectivity index (χ1v) is 5.38. The molecule has 0 aliphatic carbocycles. The molecule has 0 spiro atoms. The minimum atomic E-state index is 0.602. The van der Waals surface area contributed by atoms with Gasteiger partial charge in [0, 0.05) is 19.3 Å². The van der Waals surface area contributed by atoms with Crippen molar-refractivity contribution in [3.8, 4) is 0 Å². The predicted molar refractivity (Wildman–Crippen MR) is 62.1 cm³/mol. The molecule has 2 atom stereocenters. The highest BCUT2D eigenvalue weighted by Crippen LogP contribution is 2.09. The Bertz CT molecular complexity index is 250. The van der Waals surface area contributed by atoms with Crippen molar-refractivity contribution >= 4 is 0 Å². The fourth-order valence-electron chi connectivity index (χ4n) is 2.06. The Hall–Kier alpha value is -0.820. The monoisotopic (exact) mass is 192 g/mol. The second-order valence-corrected chi connectivity index (χ2v) is 4.60. The normalized spacial score (nSPS) is 26.1. The molecule has 0 amide bonds. The highest BCUT2D eigenvalue weighted by atomic mass is 14.9. The molecule has 0 saturated heterocycles. The minimum absolute atomic E-state index is 0.602. The Balaban J connectivity index is 2.43. The minimum Gasteiger partial charge on any atom is -0.337 e. The van der Waals surface area contributed by atoms with E-state index in [2.05, 4.69) is 44.5 Å². The molecule has 1 aliphatic heterocycles. The Morgan fingerprint density at radius 2 is 1.93 bits per heavy atom. The van der Waals surface area contributed by atoms with Crippen molar-refractivity contribution in [3.05, 3.63) is 36.5 Å². The van der Waals surface area contributed by atoms with Crippen LogP contribution in [0.15, 0.2) is 36.5 Å². The molecular formula is C13H22N+. The lowest BCUT2D eigenvalue weighted by molar-refractivity contribution is -0.713. The predicted octanol–water partition coefficient (Wildman–Crippen LogP) is 2.18. The zero-order chi connectivity index (χ0) is 10.6. The highest BCUT2D eigenvalue weighted by Gasteiger charge is 2.20. The highest BCUT2D eigenvalue weighted by molar-refractivity contribution is 5.02. The summed E-state index contributed by atoms with van der Waals surface area (Å²) in [5.74, 6) is 0. The zero-order valence-electron chi connectivity index (χ0n) is 9.42. The summed E-state index contributed by atoms with van der Waals surface area (Å²) in [4.78, 5) is 0. The SMILES string of the molecule is C=C(C)C[C@H]1CC=C[C@H](CC(=C)C)[NH2+]1. The Morgan fingerprint density at radius 3 is 2.50 bits per heavy atom. The summed E-state index contributed by atoms with van der Waals surface area (Å²) in [7, 11) is 0. The van der Waals surface area contributed by atoms with Crippen LogP contribution in [0.5, 0.6) is 0 Å². The van der Waals surface area contributed by atoms with E-state index in [4.69, 9.17) is 0 Å². The van der Waals surface area contributed by atoms with Crippen LogP contribution in [0.4, 0.5) is 0 Å². The van der Waals surface area contributed by atoms with E-state index in [0.29, 0.717) is 12.1 Å². The molecule has 1 aliphatic rings. The lowest BCUT2D eigenvalue weighted by atomic mass is 9.97. The average Bonchev–Trinajstić information content (AvgIpc) is 2.01.